The summed E-state index contributed by atoms with van der Waals surface area (Å²) in [7, 11) is 1.46. The predicted octanol–water partition coefficient (Wildman–Crippen LogP) is 3.35. The highest BCUT2D eigenvalue weighted by Crippen LogP contribution is 2.27. The molecule has 0 saturated carbocycles. The van der Waals surface area contributed by atoms with Crippen LogP contribution in [0, 0.1) is 0 Å². The number of anilines is 2. The third-order valence-corrected chi connectivity index (χ3v) is 5.40. The first-order valence-corrected chi connectivity index (χ1v) is 11.2. The highest BCUT2D eigenvalue weighted by molar-refractivity contribution is 6.07. The van der Waals surface area contributed by atoms with Crippen molar-refractivity contribution in [2.24, 2.45) is 0 Å². The Morgan fingerprint density at radius 3 is 2.57 bits per heavy atom. The number of benzene rings is 3. The van der Waals surface area contributed by atoms with Crippen molar-refractivity contribution < 1.29 is 18.7 Å². The third-order valence-electron chi connectivity index (χ3n) is 5.40. The number of fused-ring (bicyclic) bond motifs is 1. The van der Waals surface area contributed by atoms with E-state index in [0.29, 0.717) is 28.1 Å². The average molecular weight is 496 g/mol. The first-order valence-electron chi connectivity index (χ1n) is 11.2. The van der Waals surface area contributed by atoms with Crippen molar-refractivity contribution in [1.82, 2.24) is 20.2 Å². The molecule has 0 saturated heterocycles. The van der Waals surface area contributed by atoms with Gasteiger partial charge in [0.15, 0.2) is 11.3 Å². The zero-order chi connectivity index (χ0) is 25.8. The lowest BCUT2D eigenvalue weighted by Gasteiger charge is -2.09. The lowest BCUT2D eigenvalue weighted by atomic mass is 10.1. The van der Waals surface area contributed by atoms with Crippen LogP contribution in [0.1, 0.15) is 10.4 Å². The molecule has 0 bridgehead atoms. The molecule has 0 fully saturated rings. The minimum atomic E-state index is -0.805. The van der Waals surface area contributed by atoms with Gasteiger partial charge in [-0.15, -0.1) is 10.2 Å². The highest BCUT2D eigenvalue weighted by Gasteiger charge is 2.19. The minimum Gasteiger partial charge on any atom is -0.493 e. The van der Waals surface area contributed by atoms with E-state index in [9.17, 15) is 14.4 Å². The Labute approximate surface area is 209 Å². The van der Waals surface area contributed by atoms with Crippen LogP contribution in [-0.4, -0.2) is 39.1 Å². The average Bonchev–Trinajstić information content (AvgIpc) is 3.36. The van der Waals surface area contributed by atoms with Gasteiger partial charge in [-0.3, -0.25) is 9.59 Å². The molecule has 5 aromatic rings. The van der Waals surface area contributed by atoms with Crippen molar-refractivity contribution >= 4 is 34.2 Å². The molecule has 2 N–H and O–H groups in total. The molecule has 0 aliphatic rings. The quantitative estimate of drug-likeness (QED) is 0.327. The van der Waals surface area contributed by atoms with E-state index in [2.05, 4.69) is 26.0 Å². The summed E-state index contributed by atoms with van der Waals surface area (Å²) in [5, 5.41) is 18.2. The summed E-state index contributed by atoms with van der Waals surface area (Å²) < 4.78 is 10.6. The summed E-state index contributed by atoms with van der Waals surface area (Å²) in [6.07, 6.45) is 0. The molecule has 184 valence electrons. The molecular weight excluding hydrogens is 476 g/mol. The van der Waals surface area contributed by atoms with Gasteiger partial charge in [-0.1, -0.05) is 42.5 Å². The Morgan fingerprint density at radius 1 is 0.973 bits per heavy atom. The van der Waals surface area contributed by atoms with Crippen LogP contribution < -0.4 is 21.0 Å². The molecule has 2 amide bonds. The molecule has 3 aromatic carbocycles. The fourth-order valence-electron chi connectivity index (χ4n) is 3.68. The van der Waals surface area contributed by atoms with Crippen LogP contribution in [0.5, 0.6) is 5.75 Å². The van der Waals surface area contributed by atoms with Gasteiger partial charge in [-0.2, -0.15) is 4.80 Å². The minimum absolute atomic E-state index is 0.155. The normalized spacial score (nSPS) is 10.7. The third kappa shape index (κ3) is 5.05. The Balaban J connectivity index is 1.36. The van der Waals surface area contributed by atoms with Crippen molar-refractivity contribution in [2.75, 3.05) is 17.7 Å². The van der Waals surface area contributed by atoms with Gasteiger partial charge in [0, 0.05) is 16.6 Å². The smallest absolute Gasteiger partial charge is 0.349 e. The number of rotatable bonds is 7. The molecule has 0 radical (unpaired) electrons. The molecule has 0 atom stereocenters. The molecule has 0 aliphatic carbocycles. The second kappa shape index (κ2) is 10.1. The number of tetrazole rings is 1. The van der Waals surface area contributed by atoms with Gasteiger partial charge >= 0.3 is 5.63 Å². The lowest BCUT2D eigenvalue weighted by molar-refractivity contribution is -0.117. The van der Waals surface area contributed by atoms with E-state index in [1.807, 2.05) is 18.2 Å². The van der Waals surface area contributed by atoms with Crippen LogP contribution in [0.15, 0.2) is 88.1 Å². The van der Waals surface area contributed by atoms with E-state index < -0.39 is 11.5 Å². The summed E-state index contributed by atoms with van der Waals surface area (Å²) in [6.45, 7) is -0.155. The Morgan fingerprint density at radius 2 is 1.76 bits per heavy atom. The van der Waals surface area contributed by atoms with Gasteiger partial charge < -0.3 is 19.8 Å². The second-order valence-corrected chi connectivity index (χ2v) is 7.88. The first kappa shape index (κ1) is 23.4. The number of carbonyl (C=O) groups is 2. The standard InChI is InChI=1S/C26H20N6O5/c1-36-21-13-7-8-16-14-19(26(35)37-23(16)21)25(34)28-20-12-6-5-11-18(20)24-29-31-32(30-24)15-22(33)27-17-9-3-2-4-10-17/h2-14H,15H2,1H3,(H,27,33)(H,28,34). The number of carbonyl (C=O) groups excluding carboxylic acids is 2. The largest absolute Gasteiger partial charge is 0.493 e. The fourth-order valence-corrected chi connectivity index (χ4v) is 3.68. The monoisotopic (exact) mass is 496 g/mol. The maximum atomic E-state index is 13.0. The second-order valence-electron chi connectivity index (χ2n) is 7.88. The van der Waals surface area contributed by atoms with Gasteiger partial charge in [0.2, 0.25) is 11.7 Å². The van der Waals surface area contributed by atoms with Crippen LogP contribution in [0.2, 0.25) is 0 Å². The van der Waals surface area contributed by atoms with Crippen LogP contribution in [0.4, 0.5) is 11.4 Å². The molecule has 11 heteroatoms. The van der Waals surface area contributed by atoms with Crippen molar-refractivity contribution in [3.63, 3.8) is 0 Å². The van der Waals surface area contributed by atoms with E-state index in [1.54, 1.807) is 54.6 Å². The van der Waals surface area contributed by atoms with Crippen LogP contribution in [-0.2, 0) is 11.3 Å². The van der Waals surface area contributed by atoms with Gasteiger partial charge in [0.05, 0.1) is 12.8 Å². The highest BCUT2D eigenvalue weighted by atomic mass is 16.5. The number of hydrogen-bond acceptors (Lipinski definition) is 8. The summed E-state index contributed by atoms with van der Waals surface area (Å²) in [5.74, 6) is -0.408. The van der Waals surface area contributed by atoms with E-state index in [4.69, 9.17) is 9.15 Å². The summed E-state index contributed by atoms with van der Waals surface area (Å²) in [4.78, 5) is 39.1. The molecule has 2 aromatic heterocycles. The van der Waals surface area contributed by atoms with E-state index >= 15 is 0 Å². The maximum Gasteiger partial charge on any atom is 0.349 e. The fraction of sp³-hybridized carbons (Fsp3) is 0.0769. The number of ether oxygens (including phenoxy) is 1. The molecular formula is C26H20N6O5. The Kier molecular flexibility index (Phi) is 6.41. The molecule has 0 spiro atoms. The summed E-state index contributed by atoms with van der Waals surface area (Å²) in [6, 6.07) is 22.3. The maximum absolute atomic E-state index is 13.0. The summed E-state index contributed by atoms with van der Waals surface area (Å²) >= 11 is 0. The molecule has 37 heavy (non-hydrogen) atoms. The zero-order valence-electron chi connectivity index (χ0n) is 19.5. The Bertz CT molecular complexity index is 1660. The molecule has 5 rings (SSSR count). The van der Waals surface area contributed by atoms with Gasteiger partial charge in [0.25, 0.3) is 5.91 Å². The van der Waals surface area contributed by atoms with E-state index in [-0.39, 0.29) is 29.4 Å². The van der Waals surface area contributed by atoms with Crippen LogP contribution in [0.25, 0.3) is 22.4 Å². The predicted molar refractivity (Wildman–Crippen MR) is 135 cm³/mol. The number of para-hydroxylation sites is 3. The van der Waals surface area contributed by atoms with Crippen LogP contribution in [0.3, 0.4) is 0 Å². The zero-order valence-corrected chi connectivity index (χ0v) is 19.5. The molecule has 0 aliphatic heterocycles. The number of aromatic nitrogens is 4. The van der Waals surface area contributed by atoms with Crippen molar-refractivity contribution in [3.8, 4) is 17.1 Å². The van der Waals surface area contributed by atoms with Gasteiger partial charge in [-0.25, -0.2) is 4.79 Å². The van der Waals surface area contributed by atoms with Crippen LogP contribution >= 0.6 is 0 Å². The lowest BCUT2D eigenvalue weighted by Crippen LogP contribution is -2.21. The molecule has 11 nitrogen and oxygen atoms in total. The first-order chi connectivity index (χ1) is 18.0. The number of nitrogens with zero attached hydrogens (tertiary/aromatic N) is 4. The number of hydrogen-bond donors (Lipinski definition) is 2. The Hall–Kier alpha value is -5.32. The van der Waals surface area contributed by atoms with Gasteiger partial charge in [0.1, 0.15) is 12.1 Å². The molecule has 0 unspecified atom stereocenters. The van der Waals surface area contributed by atoms with Crippen molar-refractivity contribution in [3.05, 3.63) is 94.8 Å². The number of amides is 2. The topological polar surface area (TPSA) is 141 Å². The summed E-state index contributed by atoms with van der Waals surface area (Å²) in [5.41, 5.74) is 0.732. The number of nitrogens with one attached hydrogen (secondary N) is 2. The van der Waals surface area contributed by atoms with Crippen molar-refractivity contribution in [2.45, 2.75) is 6.54 Å². The SMILES string of the molecule is COc1cccc2cc(C(=O)Nc3ccccc3-c3nnn(CC(=O)Nc4ccccc4)n3)c(=O)oc12. The van der Waals surface area contributed by atoms with E-state index in [0.717, 1.165) is 4.80 Å². The van der Waals surface area contributed by atoms with Crippen molar-refractivity contribution in [1.29, 1.82) is 0 Å². The molecule has 2 heterocycles. The van der Waals surface area contributed by atoms with Gasteiger partial charge in [-0.05, 0) is 41.6 Å². The van der Waals surface area contributed by atoms with E-state index in [1.165, 1.54) is 13.2 Å². The number of methoxy groups -OCH3 is 1.